The fraction of sp³-hybridized carbons (Fsp3) is 0.235. The molecule has 0 radical (unpaired) electrons. The van der Waals surface area contributed by atoms with Crippen molar-refractivity contribution in [2.75, 3.05) is 6.54 Å². The van der Waals surface area contributed by atoms with E-state index in [4.69, 9.17) is 0 Å². The number of carbonyl (C=O) groups excluding carboxylic acids is 1. The molecule has 7 nitrogen and oxygen atoms in total. The monoisotopic (exact) mass is 320 g/mol. The molecule has 4 heterocycles. The van der Waals surface area contributed by atoms with E-state index in [1.807, 2.05) is 17.2 Å². The molecule has 3 aromatic rings. The van der Waals surface area contributed by atoms with Crippen LogP contribution in [0.5, 0.6) is 0 Å². The van der Waals surface area contributed by atoms with Gasteiger partial charge in [-0.05, 0) is 25.0 Å². The van der Waals surface area contributed by atoms with Crippen LogP contribution in [-0.2, 0) is 0 Å². The number of hydrogen-bond donors (Lipinski definition) is 0. The lowest BCUT2D eigenvalue weighted by Gasteiger charge is -2.24. The molecule has 120 valence electrons. The minimum absolute atomic E-state index is 0.0143. The fourth-order valence-corrected chi connectivity index (χ4v) is 3.03. The molecule has 0 unspecified atom stereocenters. The molecule has 0 aromatic carbocycles. The van der Waals surface area contributed by atoms with Gasteiger partial charge < -0.3 is 4.90 Å². The van der Waals surface area contributed by atoms with Gasteiger partial charge in [-0.1, -0.05) is 0 Å². The van der Waals surface area contributed by atoms with E-state index in [2.05, 4.69) is 19.9 Å². The Morgan fingerprint density at radius 2 is 2.04 bits per heavy atom. The zero-order valence-electron chi connectivity index (χ0n) is 13.0. The second-order valence-electron chi connectivity index (χ2n) is 5.66. The van der Waals surface area contributed by atoms with Crippen molar-refractivity contribution in [1.29, 1.82) is 0 Å². The summed E-state index contributed by atoms with van der Waals surface area (Å²) in [5, 5.41) is 0. The minimum Gasteiger partial charge on any atom is -0.330 e. The Morgan fingerprint density at radius 1 is 1.08 bits per heavy atom. The average Bonchev–Trinajstić information content (AvgIpc) is 3.34. The summed E-state index contributed by atoms with van der Waals surface area (Å²) < 4.78 is 1.80. The van der Waals surface area contributed by atoms with Gasteiger partial charge in [0.15, 0.2) is 0 Å². The number of hydrogen-bond acceptors (Lipinski definition) is 5. The van der Waals surface area contributed by atoms with E-state index in [0.29, 0.717) is 5.56 Å². The van der Waals surface area contributed by atoms with Crippen LogP contribution in [0, 0.1) is 0 Å². The lowest BCUT2D eigenvalue weighted by molar-refractivity contribution is 0.0732. The van der Waals surface area contributed by atoms with Crippen LogP contribution in [0.3, 0.4) is 0 Å². The Bertz CT molecular complexity index is 816. The molecule has 0 aliphatic carbocycles. The van der Waals surface area contributed by atoms with Crippen LogP contribution in [-0.4, -0.2) is 41.9 Å². The zero-order valence-corrected chi connectivity index (χ0v) is 13.0. The maximum absolute atomic E-state index is 12.8. The first-order valence-corrected chi connectivity index (χ1v) is 7.84. The van der Waals surface area contributed by atoms with E-state index >= 15 is 0 Å². The van der Waals surface area contributed by atoms with Gasteiger partial charge in [-0.15, -0.1) is 0 Å². The van der Waals surface area contributed by atoms with Gasteiger partial charge in [0.05, 0.1) is 23.5 Å². The van der Waals surface area contributed by atoms with Crippen molar-refractivity contribution >= 4 is 5.91 Å². The van der Waals surface area contributed by atoms with Gasteiger partial charge in [-0.25, -0.2) is 9.97 Å². The number of amides is 1. The second kappa shape index (κ2) is 6.19. The smallest absolute Gasteiger partial charge is 0.255 e. The van der Waals surface area contributed by atoms with Crippen molar-refractivity contribution in [3.05, 3.63) is 66.9 Å². The molecule has 0 bridgehead atoms. The highest BCUT2D eigenvalue weighted by Gasteiger charge is 2.31. The number of imidazole rings is 1. The number of carbonyl (C=O) groups is 1. The lowest BCUT2D eigenvalue weighted by Crippen LogP contribution is -2.31. The van der Waals surface area contributed by atoms with Crippen LogP contribution < -0.4 is 0 Å². The van der Waals surface area contributed by atoms with Crippen LogP contribution in [0.15, 0.2) is 55.6 Å². The Balaban J connectivity index is 1.56. The predicted octanol–water partition coefficient (Wildman–Crippen LogP) is 2.03. The molecule has 1 saturated heterocycles. The molecule has 1 aliphatic rings. The quantitative estimate of drug-likeness (QED) is 0.738. The van der Waals surface area contributed by atoms with E-state index < -0.39 is 0 Å². The zero-order chi connectivity index (χ0) is 16.4. The maximum atomic E-state index is 12.8. The molecule has 0 saturated carbocycles. The van der Waals surface area contributed by atoms with Crippen molar-refractivity contribution in [3.63, 3.8) is 0 Å². The standard InChI is InChI=1S/C17H16N6O/c24-17(13-3-4-16(21-10-13)22-9-7-19-12-22)23-8-1-2-15(23)14-11-18-5-6-20-14/h3-7,9-12,15H,1-2,8H2/t15-/m0/s1. The third-order valence-electron chi connectivity index (χ3n) is 4.20. The van der Waals surface area contributed by atoms with Crippen LogP contribution in [0.2, 0.25) is 0 Å². The Labute approximate surface area is 139 Å². The number of aromatic nitrogens is 5. The summed E-state index contributed by atoms with van der Waals surface area (Å²) in [6.07, 6.45) is 13.7. The van der Waals surface area contributed by atoms with Gasteiger partial charge in [0.2, 0.25) is 0 Å². The highest BCUT2D eigenvalue weighted by atomic mass is 16.2. The van der Waals surface area contributed by atoms with Gasteiger partial charge >= 0.3 is 0 Å². The fourth-order valence-electron chi connectivity index (χ4n) is 3.03. The van der Waals surface area contributed by atoms with Gasteiger partial charge in [0.1, 0.15) is 12.1 Å². The molecular formula is C17H16N6O. The summed E-state index contributed by atoms with van der Waals surface area (Å²) in [6.45, 7) is 0.726. The van der Waals surface area contributed by atoms with Crippen molar-refractivity contribution in [3.8, 4) is 5.82 Å². The first-order chi connectivity index (χ1) is 11.8. The van der Waals surface area contributed by atoms with E-state index in [1.54, 1.807) is 47.9 Å². The summed E-state index contributed by atoms with van der Waals surface area (Å²) in [7, 11) is 0. The van der Waals surface area contributed by atoms with Gasteiger partial charge in [0.25, 0.3) is 5.91 Å². The van der Waals surface area contributed by atoms with E-state index in [9.17, 15) is 4.79 Å². The molecule has 24 heavy (non-hydrogen) atoms. The summed E-state index contributed by atoms with van der Waals surface area (Å²) >= 11 is 0. The maximum Gasteiger partial charge on any atom is 0.255 e. The van der Waals surface area contributed by atoms with Crippen molar-refractivity contribution in [2.24, 2.45) is 0 Å². The Kier molecular flexibility index (Phi) is 3.74. The molecule has 0 spiro atoms. The number of likely N-dealkylation sites (tertiary alicyclic amines) is 1. The number of pyridine rings is 1. The molecule has 0 N–H and O–H groups in total. The lowest BCUT2D eigenvalue weighted by atomic mass is 10.1. The van der Waals surface area contributed by atoms with E-state index in [1.165, 1.54) is 0 Å². The van der Waals surface area contributed by atoms with Gasteiger partial charge in [-0.2, -0.15) is 0 Å². The number of nitrogens with zero attached hydrogens (tertiary/aromatic N) is 6. The van der Waals surface area contributed by atoms with Crippen LogP contribution in [0.1, 0.15) is 34.9 Å². The van der Waals surface area contributed by atoms with Crippen molar-refractivity contribution in [1.82, 2.24) is 29.4 Å². The topological polar surface area (TPSA) is 76.8 Å². The first kappa shape index (κ1) is 14.5. The summed E-state index contributed by atoms with van der Waals surface area (Å²) in [6, 6.07) is 3.61. The highest BCUT2D eigenvalue weighted by molar-refractivity contribution is 5.94. The third-order valence-corrected chi connectivity index (χ3v) is 4.20. The normalized spacial score (nSPS) is 17.2. The predicted molar refractivity (Wildman–Crippen MR) is 86.4 cm³/mol. The largest absolute Gasteiger partial charge is 0.330 e. The minimum atomic E-state index is -0.0205. The summed E-state index contributed by atoms with van der Waals surface area (Å²) in [5.74, 6) is 0.712. The molecule has 7 heteroatoms. The molecule has 1 atom stereocenters. The number of rotatable bonds is 3. The SMILES string of the molecule is O=C(c1ccc(-n2ccnc2)nc1)N1CCC[C@H]1c1cnccn1. The summed E-state index contributed by atoms with van der Waals surface area (Å²) in [4.78, 5) is 31.5. The van der Waals surface area contributed by atoms with Crippen molar-refractivity contribution in [2.45, 2.75) is 18.9 Å². The molecule has 1 aliphatic heterocycles. The molecule has 4 rings (SSSR count). The molecule has 1 amide bonds. The second-order valence-corrected chi connectivity index (χ2v) is 5.66. The first-order valence-electron chi connectivity index (χ1n) is 7.84. The Morgan fingerprint density at radius 3 is 2.75 bits per heavy atom. The van der Waals surface area contributed by atoms with Crippen LogP contribution in [0.25, 0.3) is 5.82 Å². The highest BCUT2D eigenvalue weighted by Crippen LogP contribution is 2.31. The molecule has 3 aromatic heterocycles. The third kappa shape index (κ3) is 2.64. The van der Waals surface area contributed by atoms with E-state index in [-0.39, 0.29) is 11.9 Å². The molecule has 1 fully saturated rings. The molecular weight excluding hydrogens is 304 g/mol. The van der Waals surface area contributed by atoms with Gasteiger partial charge in [-0.3, -0.25) is 19.3 Å². The average molecular weight is 320 g/mol. The Hall–Kier alpha value is -3.09. The van der Waals surface area contributed by atoms with Gasteiger partial charge in [0, 0.05) is 37.5 Å². The summed E-state index contributed by atoms with van der Waals surface area (Å²) in [5.41, 5.74) is 1.42. The van der Waals surface area contributed by atoms with E-state index in [0.717, 1.165) is 30.9 Å². The van der Waals surface area contributed by atoms with Crippen LogP contribution >= 0.6 is 0 Å². The van der Waals surface area contributed by atoms with Crippen molar-refractivity contribution < 1.29 is 4.79 Å². The van der Waals surface area contributed by atoms with Crippen LogP contribution in [0.4, 0.5) is 0 Å².